The van der Waals surface area contributed by atoms with Crippen LogP contribution in [0.2, 0.25) is 10.0 Å². The van der Waals surface area contributed by atoms with E-state index in [-0.39, 0.29) is 38.0 Å². The van der Waals surface area contributed by atoms with Gasteiger partial charge in [0.2, 0.25) is 0 Å². The first-order valence-electron chi connectivity index (χ1n) is 9.29. The molecular formula is C19H20Cl2N6O4. The molecule has 2 amide bonds. The van der Waals surface area contributed by atoms with Gasteiger partial charge in [0.1, 0.15) is 12.3 Å². The van der Waals surface area contributed by atoms with Crippen LogP contribution in [0.1, 0.15) is 27.9 Å². The number of hydrogen-bond donors (Lipinski definition) is 2. The molecule has 0 spiro atoms. The lowest BCUT2D eigenvalue weighted by molar-refractivity contribution is -0.123. The second-order valence-electron chi connectivity index (χ2n) is 6.51. The highest BCUT2D eigenvalue weighted by molar-refractivity contribution is 6.31. The van der Waals surface area contributed by atoms with E-state index < -0.39 is 5.91 Å². The van der Waals surface area contributed by atoms with Crippen LogP contribution in [-0.4, -0.2) is 51.4 Å². The van der Waals surface area contributed by atoms with Gasteiger partial charge in [-0.25, -0.2) is 0 Å². The first-order valence-corrected chi connectivity index (χ1v) is 10.0. The number of halogens is 2. The summed E-state index contributed by atoms with van der Waals surface area (Å²) >= 11 is 12.0. The van der Waals surface area contributed by atoms with Gasteiger partial charge in [-0.1, -0.05) is 34.4 Å². The third-order valence-electron chi connectivity index (χ3n) is 4.15. The standard InChI is InChI=1S/C19H20Cl2N6O4/c1-11-17(21)12(2)27(25-11)9-15-24-19(31-26-15)18(29)23-7-6-22-16(28)10-30-14-5-3-4-13(20)8-14/h3-5,8H,6-7,9-10H2,1-2H3,(H,22,28)(H,23,29). The third-order valence-corrected chi connectivity index (χ3v) is 4.93. The minimum atomic E-state index is -0.547. The molecule has 3 aromatic rings. The molecule has 0 atom stereocenters. The number of amides is 2. The summed E-state index contributed by atoms with van der Waals surface area (Å²) in [4.78, 5) is 28.0. The number of aromatic nitrogens is 4. The Balaban J connectivity index is 1.39. The molecule has 0 saturated heterocycles. The molecule has 12 heteroatoms. The summed E-state index contributed by atoms with van der Waals surface area (Å²) in [5.74, 6) is -0.282. The van der Waals surface area contributed by atoms with Crippen LogP contribution >= 0.6 is 23.2 Å². The van der Waals surface area contributed by atoms with Gasteiger partial charge < -0.3 is 19.9 Å². The second kappa shape index (κ2) is 10.3. The Bertz CT molecular complexity index is 1080. The van der Waals surface area contributed by atoms with E-state index >= 15 is 0 Å². The summed E-state index contributed by atoms with van der Waals surface area (Å²) < 4.78 is 11.9. The summed E-state index contributed by atoms with van der Waals surface area (Å²) in [7, 11) is 0. The van der Waals surface area contributed by atoms with Crippen molar-refractivity contribution in [1.29, 1.82) is 0 Å². The van der Waals surface area contributed by atoms with Gasteiger partial charge in [0.15, 0.2) is 12.4 Å². The number of rotatable bonds is 9. The van der Waals surface area contributed by atoms with Crippen LogP contribution < -0.4 is 15.4 Å². The lowest BCUT2D eigenvalue weighted by atomic mass is 10.3. The number of carbonyl (C=O) groups is 2. The summed E-state index contributed by atoms with van der Waals surface area (Å²) in [6.07, 6.45) is 0. The fourth-order valence-electron chi connectivity index (χ4n) is 2.58. The fraction of sp³-hybridized carbons (Fsp3) is 0.316. The van der Waals surface area contributed by atoms with Gasteiger partial charge in [0.05, 0.1) is 16.4 Å². The van der Waals surface area contributed by atoms with Crippen LogP contribution in [0.5, 0.6) is 5.75 Å². The molecule has 2 heterocycles. The topological polar surface area (TPSA) is 124 Å². The van der Waals surface area contributed by atoms with Gasteiger partial charge in [-0.05, 0) is 32.0 Å². The van der Waals surface area contributed by atoms with Crippen LogP contribution in [0, 0.1) is 13.8 Å². The normalized spacial score (nSPS) is 10.7. The molecule has 164 valence electrons. The summed E-state index contributed by atoms with van der Waals surface area (Å²) in [6.45, 7) is 4.05. The maximum absolute atomic E-state index is 12.1. The average Bonchev–Trinajstić information content (AvgIpc) is 3.30. The van der Waals surface area contributed by atoms with Crippen molar-refractivity contribution in [2.24, 2.45) is 0 Å². The Labute approximate surface area is 187 Å². The molecular weight excluding hydrogens is 447 g/mol. The quantitative estimate of drug-likeness (QED) is 0.462. The van der Waals surface area contributed by atoms with Crippen LogP contribution in [0.4, 0.5) is 0 Å². The molecule has 0 radical (unpaired) electrons. The molecule has 31 heavy (non-hydrogen) atoms. The Morgan fingerprint density at radius 2 is 1.97 bits per heavy atom. The molecule has 10 nitrogen and oxygen atoms in total. The zero-order valence-electron chi connectivity index (χ0n) is 16.8. The molecule has 2 N–H and O–H groups in total. The highest BCUT2D eigenvalue weighted by Gasteiger charge is 2.17. The Morgan fingerprint density at radius 3 is 2.68 bits per heavy atom. The average molecular weight is 467 g/mol. The summed E-state index contributed by atoms with van der Waals surface area (Å²) in [5, 5.41) is 14.4. The molecule has 0 unspecified atom stereocenters. The van der Waals surface area contributed by atoms with Crippen molar-refractivity contribution in [2.45, 2.75) is 20.4 Å². The first kappa shape index (κ1) is 22.6. The van der Waals surface area contributed by atoms with Crippen molar-refractivity contribution in [3.8, 4) is 5.75 Å². The molecule has 2 aromatic heterocycles. The van der Waals surface area contributed by atoms with E-state index in [4.69, 9.17) is 32.5 Å². The van der Waals surface area contributed by atoms with Gasteiger partial charge in [0, 0.05) is 18.1 Å². The maximum Gasteiger partial charge on any atom is 0.316 e. The van der Waals surface area contributed by atoms with Crippen LogP contribution in [0.15, 0.2) is 28.8 Å². The molecule has 1 aromatic carbocycles. The third kappa shape index (κ3) is 6.19. The van der Waals surface area contributed by atoms with Crippen molar-refractivity contribution in [2.75, 3.05) is 19.7 Å². The predicted octanol–water partition coefficient (Wildman–Crippen LogP) is 2.16. The van der Waals surface area contributed by atoms with Crippen LogP contribution in [0.25, 0.3) is 0 Å². The van der Waals surface area contributed by atoms with Crippen molar-refractivity contribution < 1.29 is 18.8 Å². The van der Waals surface area contributed by atoms with Gasteiger partial charge >= 0.3 is 11.8 Å². The van der Waals surface area contributed by atoms with E-state index in [9.17, 15) is 9.59 Å². The number of ether oxygens (including phenoxy) is 1. The van der Waals surface area contributed by atoms with Crippen molar-refractivity contribution >= 4 is 35.0 Å². The number of hydrogen-bond acceptors (Lipinski definition) is 7. The molecule has 0 fully saturated rings. The molecule has 0 aliphatic rings. The lowest BCUT2D eigenvalue weighted by Crippen LogP contribution is -2.36. The fourth-order valence-corrected chi connectivity index (χ4v) is 2.90. The summed E-state index contributed by atoms with van der Waals surface area (Å²) in [5.41, 5.74) is 1.46. The Kier molecular flexibility index (Phi) is 7.48. The van der Waals surface area contributed by atoms with E-state index in [0.717, 1.165) is 5.69 Å². The SMILES string of the molecule is Cc1nn(Cc2noc(C(=O)NCCNC(=O)COc3cccc(Cl)c3)n2)c(C)c1Cl. The van der Waals surface area contributed by atoms with Crippen molar-refractivity contribution in [3.63, 3.8) is 0 Å². The zero-order valence-corrected chi connectivity index (χ0v) is 18.3. The first-order chi connectivity index (χ1) is 14.8. The van der Waals surface area contributed by atoms with E-state index in [1.165, 1.54) is 0 Å². The second-order valence-corrected chi connectivity index (χ2v) is 7.32. The number of nitrogens with zero attached hydrogens (tertiary/aromatic N) is 4. The lowest BCUT2D eigenvalue weighted by Gasteiger charge is -2.08. The van der Waals surface area contributed by atoms with Gasteiger partial charge in [-0.3, -0.25) is 14.3 Å². The molecule has 0 aliphatic heterocycles. The van der Waals surface area contributed by atoms with Crippen molar-refractivity contribution in [3.05, 3.63) is 57.4 Å². The van der Waals surface area contributed by atoms with E-state index in [1.54, 1.807) is 35.9 Å². The maximum atomic E-state index is 12.1. The van der Waals surface area contributed by atoms with Gasteiger partial charge in [-0.15, -0.1) is 0 Å². The Hall–Kier alpha value is -3.11. The molecule has 3 rings (SSSR count). The Morgan fingerprint density at radius 1 is 1.19 bits per heavy atom. The predicted molar refractivity (Wildman–Crippen MR) is 112 cm³/mol. The summed E-state index contributed by atoms with van der Waals surface area (Å²) in [6, 6.07) is 6.73. The smallest absolute Gasteiger partial charge is 0.316 e. The largest absolute Gasteiger partial charge is 0.484 e. The van der Waals surface area contributed by atoms with Crippen LogP contribution in [0.3, 0.4) is 0 Å². The van der Waals surface area contributed by atoms with Gasteiger partial charge in [-0.2, -0.15) is 10.1 Å². The van der Waals surface area contributed by atoms with Gasteiger partial charge in [0.25, 0.3) is 5.91 Å². The highest BCUT2D eigenvalue weighted by atomic mass is 35.5. The number of benzene rings is 1. The van der Waals surface area contributed by atoms with Crippen LogP contribution in [-0.2, 0) is 11.3 Å². The van der Waals surface area contributed by atoms with Crippen molar-refractivity contribution in [1.82, 2.24) is 30.6 Å². The van der Waals surface area contributed by atoms with E-state index in [2.05, 4.69) is 25.9 Å². The minimum Gasteiger partial charge on any atom is -0.484 e. The van der Waals surface area contributed by atoms with E-state index in [0.29, 0.717) is 27.3 Å². The minimum absolute atomic E-state index is 0.169. The van der Waals surface area contributed by atoms with E-state index in [1.807, 2.05) is 6.92 Å². The number of carbonyl (C=O) groups excluding carboxylic acids is 2. The highest BCUT2D eigenvalue weighted by Crippen LogP contribution is 2.19. The number of aryl methyl sites for hydroxylation is 1. The molecule has 0 saturated carbocycles. The zero-order chi connectivity index (χ0) is 22.4. The monoisotopic (exact) mass is 466 g/mol. The number of nitrogens with one attached hydrogen (secondary N) is 2. The molecule has 0 bridgehead atoms. The molecule has 0 aliphatic carbocycles.